The van der Waals surface area contributed by atoms with E-state index >= 15 is 0 Å². The van der Waals surface area contributed by atoms with Crippen molar-refractivity contribution in [3.05, 3.63) is 58.0 Å². The summed E-state index contributed by atoms with van der Waals surface area (Å²) in [5.41, 5.74) is 5.73. The van der Waals surface area contributed by atoms with E-state index in [1.54, 1.807) is 7.05 Å². The lowest BCUT2D eigenvalue weighted by molar-refractivity contribution is -0.121. The number of benzene rings is 1. The van der Waals surface area contributed by atoms with Gasteiger partial charge in [-0.3, -0.25) is 4.79 Å². The van der Waals surface area contributed by atoms with Gasteiger partial charge in [-0.25, -0.2) is 8.78 Å². The molecule has 0 spiro atoms. The van der Waals surface area contributed by atoms with Crippen LogP contribution in [0.3, 0.4) is 0 Å². The Morgan fingerprint density at radius 3 is 2.71 bits per heavy atom. The van der Waals surface area contributed by atoms with Crippen LogP contribution in [0.1, 0.15) is 5.56 Å². The molecule has 0 fully saturated rings. The Balaban J connectivity index is 2.10. The van der Waals surface area contributed by atoms with Crippen molar-refractivity contribution in [2.45, 2.75) is 18.0 Å². The summed E-state index contributed by atoms with van der Waals surface area (Å²) in [6.45, 7) is 0.0764. The Labute approximate surface area is 171 Å². The summed E-state index contributed by atoms with van der Waals surface area (Å²) in [4.78, 5) is 12.5. The third-order valence-corrected chi connectivity index (χ3v) is 4.82. The van der Waals surface area contributed by atoms with Gasteiger partial charge < -0.3 is 26.5 Å². The van der Waals surface area contributed by atoms with Gasteiger partial charge in [0.15, 0.2) is 23.0 Å². The Kier molecular flexibility index (Phi) is 7.79. The van der Waals surface area contributed by atoms with E-state index in [-0.39, 0.29) is 23.8 Å². The quantitative estimate of drug-likeness (QED) is 0.374. The summed E-state index contributed by atoms with van der Waals surface area (Å²) in [6.07, 6.45) is 2.66. The third kappa shape index (κ3) is 5.21. The van der Waals surface area contributed by atoms with E-state index in [9.17, 15) is 13.6 Å². The highest BCUT2D eigenvalue weighted by atomic mass is 35.5. The molecule has 152 valence electrons. The van der Waals surface area contributed by atoms with E-state index in [1.807, 2.05) is 0 Å². The molecule has 0 saturated carbocycles. The molecular weight excluding hydrogens is 413 g/mol. The zero-order valence-electron chi connectivity index (χ0n) is 14.9. The van der Waals surface area contributed by atoms with Crippen LogP contribution < -0.4 is 16.4 Å². The lowest BCUT2D eigenvalue weighted by atomic mass is 10.0. The molecule has 0 aliphatic carbocycles. The van der Waals surface area contributed by atoms with Gasteiger partial charge in [-0.1, -0.05) is 29.3 Å². The fourth-order valence-corrected chi connectivity index (χ4v) is 3.26. The van der Waals surface area contributed by atoms with Crippen LogP contribution in [0.4, 0.5) is 8.78 Å². The summed E-state index contributed by atoms with van der Waals surface area (Å²) in [7, 11) is 1.61. The number of alkyl halides is 1. The van der Waals surface area contributed by atoms with E-state index in [0.29, 0.717) is 11.3 Å². The molecule has 28 heavy (non-hydrogen) atoms. The van der Waals surface area contributed by atoms with E-state index in [2.05, 4.69) is 10.6 Å². The minimum atomic E-state index is -0.969. The molecule has 0 saturated heterocycles. The second kappa shape index (κ2) is 9.86. The number of nitrogens with two attached hydrogens (primary N) is 1. The van der Waals surface area contributed by atoms with Crippen molar-refractivity contribution in [1.82, 2.24) is 10.6 Å². The average molecular weight is 433 g/mol. The van der Waals surface area contributed by atoms with Gasteiger partial charge >= 0.3 is 0 Å². The van der Waals surface area contributed by atoms with Crippen LogP contribution in [0, 0.1) is 23.0 Å². The number of carbonyl (C=O) groups excluding carboxylic acids is 1. The number of rotatable bonds is 8. The van der Waals surface area contributed by atoms with Crippen LogP contribution >= 0.6 is 23.2 Å². The lowest BCUT2D eigenvalue weighted by Crippen LogP contribution is -2.42. The third-order valence-electron chi connectivity index (χ3n) is 4.15. The van der Waals surface area contributed by atoms with Gasteiger partial charge in [-0.15, -0.1) is 0 Å². The van der Waals surface area contributed by atoms with Gasteiger partial charge in [0.2, 0.25) is 0 Å². The van der Waals surface area contributed by atoms with Gasteiger partial charge in [0.25, 0.3) is 5.91 Å². The van der Waals surface area contributed by atoms with Crippen molar-refractivity contribution in [3.8, 4) is 0 Å². The van der Waals surface area contributed by atoms with Crippen molar-refractivity contribution >= 4 is 35.3 Å². The fourth-order valence-electron chi connectivity index (χ4n) is 2.74. The number of nitrogens with one attached hydrogen (secondary N) is 3. The highest BCUT2D eigenvalue weighted by molar-refractivity contribution is 6.39. The van der Waals surface area contributed by atoms with E-state index in [0.717, 1.165) is 18.3 Å². The summed E-state index contributed by atoms with van der Waals surface area (Å²) in [5.74, 6) is -3.03. The zero-order valence-corrected chi connectivity index (χ0v) is 16.5. The molecule has 1 aromatic carbocycles. The number of ether oxygens (including phenoxy) is 1. The van der Waals surface area contributed by atoms with Gasteiger partial charge in [-0.2, -0.15) is 0 Å². The zero-order chi connectivity index (χ0) is 20.8. The van der Waals surface area contributed by atoms with E-state index < -0.39 is 35.1 Å². The van der Waals surface area contributed by atoms with Crippen LogP contribution in [0.25, 0.3) is 0 Å². The van der Waals surface area contributed by atoms with Crippen molar-refractivity contribution in [3.63, 3.8) is 0 Å². The highest BCUT2D eigenvalue weighted by Crippen LogP contribution is 2.32. The monoisotopic (exact) mass is 432 g/mol. The van der Waals surface area contributed by atoms with Crippen LogP contribution in [0.2, 0.25) is 0 Å². The van der Waals surface area contributed by atoms with E-state index in [1.165, 1.54) is 12.1 Å². The molecule has 1 amide bonds. The fraction of sp³-hybridized carbons (Fsp3) is 0.333. The molecule has 1 aliphatic rings. The van der Waals surface area contributed by atoms with Crippen molar-refractivity contribution in [2.75, 3.05) is 13.6 Å². The largest absolute Gasteiger partial charge is 0.468 e. The van der Waals surface area contributed by atoms with E-state index in [4.69, 9.17) is 39.1 Å². The second-order valence-corrected chi connectivity index (χ2v) is 6.88. The average Bonchev–Trinajstić information content (AvgIpc) is 3.06. The smallest absolute Gasteiger partial charge is 0.286 e. The lowest BCUT2D eigenvalue weighted by Gasteiger charge is -2.18. The Morgan fingerprint density at radius 1 is 1.43 bits per heavy atom. The normalized spacial score (nSPS) is 20.6. The predicted octanol–water partition coefficient (Wildman–Crippen LogP) is 2.37. The minimum Gasteiger partial charge on any atom is -0.468 e. The summed E-state index contributed by atoms with van der Waals surface area (Å²) in [6, 6.07) is 2.97. The number of hydrogen-bond donors (Lipinski definition) is 4. The minimum absolute atomic E-state index is 0.0177. The number of halogens is 4. The maximum Gasteiger partial charge on any atom is 0.286 e. The maximum absolute atomic E-state index is 13.4. The molecule has 2 rings (SSSR count). The van der Waals surface area contributed by atoms with Crippen LogP contribution in [-0.2, 0) is 16.0 Å². The van der Waals surface area contributed by atoms with Gasteiger partial charge in [-0.05, 0) is 30.2 Å². The molecule has 1 heterocycles. The summed E-state index contributed by atoms with van der Waals surface area (Å²) in [5, 5.41) is 12.9. The highest BCUT2D eigenvalue weighted by Gasteiger charge is 2.34. The second-order valence-electron chi connectivity index (χ2n) is 6.04. The van der Waals surface area contributed by atoms with Gasteiger partial charge in [0, 0.05) is 31.5 Å². The van der Waals surface area contributed by atoms with Crippen LogP contribution in [0.15, 0.2) is 40.8 Å². The number of amides is 1. The molecule has 0 radical (unpaired) electrons. The Hall–Kier alpha value is -2.16. The molecule has 5 N–H and O–H groups in total. The summed E-state index contributed by atoms with van der Waals surface area (Å²) < 4.78 is 31.8. The number of carbonyl (C=O) groups is 1. The molecule has 3 atom stereocenters. The van der Waals surface area contributed by atoms with Crippen LogP contribution in [0.5, 0.6) is 0 Å². The summed E-state index contributed by atoms with van der Waals surface area (Å²) >= 11 is 12.1. The maximum atomic E-state index is 13.4. The molecular formula is C18H20Cl2F2N4O2. The van der Waals surface area contributed by atoms with Crippen molar-refractivity contribution in [2.24, 2.45) is 11.7 Å². The molecule has 1 aliphatic heterocycles. The topological polar surface area (TPSA) is 100 Å². The SMILES string of the molecule is CN/C(=C(/Cl)C=N)C1C=C(C(=O)NC(CN)Cc2ccc(F)c(F)c2)OC1Cl. The molecule has 10 heteroatoms. The first-order valence-corrected chi connectivity index (χ1v) is 9.17. The van der Waals surface area contributed by atoms with Crippen molar-refractivity contribution in [1.29, 1.82) is 5.41 Å². The first-order chi connectivity index (χ1) is 13.3. The number of hydrogen-bond acceptors (Lipinski definition) is 5. The first-order valence-electron chi connectivity index (χ1n) is 8.36. The molecule has 0 bridgehead atoms. The predicted molar refractivity (Wildman–Crippen MR) is 104 cm³/mol. The standard InChI is InChI=1S/C18H20Cl2F2N4O2/c1-25-16(12(19)8-24)11-6-15(28-17(11)20)18(27)26-10(7-23)4-9-2-3-13(21)14(22)5-9/h2-3,5-6,8,10-11,17,24-25H,4,7,23H2,1H3,(H,26,27)/b16-12+,24-8?. The molecule has 1 aromatic rings. The Morgan fingerprint density at radius 2 is 2.14 bits per heavy atom. The molecule has 6 nitrogen and oxygen atoms in total. The van der Waals surface area contributed by atoms with Crippen LogP contribution in [-0.4, -0.2) is 37.3 Å². The number of allylic oxidation sites excluding steroid dienone is 1. The molecule has 0 aromatic heterocycles. The van der Waals surface area contributed by atoms with Crippen molar-refractivity contribution < 1.29 is 18.3 Å². The molecule has 3 unspecified atom stereocenters. The Bertz CT molecular complexity index is 817. The van der Waals surface area contributed by atoms with Gasteiger partial charge in [0.05, 0.1) is 11.0 Å². The first kappa shape index (κ1) is 22.1. The van der Waals surface area contributed by atoms with Gasteiger partial charge in [0.1, 0.15) is 0 Å².